The van der Waals surface area contributed by atoms with Crippen molar-refractivity contribution < 1.29 is 14.0 Å². The first kappa shape index (κ1) is 23.3. The third-order valence-electron chi connectivity index (χ3n) is 5.34. The molecule has 0 saturated carbocycles. The SMILES string of the molecule is C[N+](C)(CCCCCCOc1ccccc1)CCCCCCOc1ccccc1. The highest BCUT2D eigenvalue weighted by Gasteiger charge is 2.13. The molecule has 3 nitrogen and oxygen atoms in total. The zero-order valence-corrected chi connectivity index (χ0v) is 18.5. The first-order valence-corrected chi connectivity index (χ1v) is 11.3. The second-order valence-corrected chi connectivity index (χ2v) is 8.53. The molecule has 0 N–H and O–H groups in total. The second kappa shape index (κ2) is 14.1. The number of nitrogens with zero attached hydrogens (tertiary/aromatic N) is 1. The Hall–Kier alpha value is -2.00. The molecule has 2 aromatic rings. The fourth-order valence-electron chi connectivity index (χ4n) is 3.52. The smallest absolute Gasteiger partial charge is 0.119 e. The molecule has 0 atom stereocenters. The summed E-state index contributed by atoms with van der Waals surface area (Å²) >= 11 is 0. The summed E-state index contributed by atoms with van der Waals surface area (Å²) in [5.41, 5.74) is 0. The van der Waals surface area contributed by atoms with Crippen LogP contribution in [0.4, 0.5) is 0 Å². The normalized spacial score (nSPS) is 11.4. The van der Waals surface area contributed by atoms with Crippen LogP contribution in [-0.2, 0) is 0 Å². The van der Waals surface area contributed by atoms with Gasteiger partial charge in [-0.2, -0.15) is 0 Å². The average Bonchev–Trinajstić information content (AvgIpc) is 2.74. The topological polar surface area (TPSA) is 18.5 Å². The molecule has 0 spiro atoms. The van der Waals surface area contributed by atoms with Gasteiger partial charge in [-0.1, -0.05) is 36.4 Å². The number of hydrogen-bond donors (Lipinski definition) is 0. The van der Waals surface area contributed by atoms with Gasteiger partial charge in [-0.15, -0.1) is 0 Å². The standard InChI is InChI=1S/C26H40NO2/c1-27(2,21-13-3-5-15-23-28-25-17-9-7-10-18-25)22-14-4-6-16-24-29-26-19-11-8-12-20-26/h7-12,17-20H,3-6,13-16,21-24H2,1-2H3/q+1. The predicted octanol–water partition coefficient (Wildman–Crippen LogP) is 6.34. The summed E-state index contributed by atoms with van der Waals surface area (Å²) in [5, 5.41) is 0. The van der Waals surface area contributed by atoms with Gasteiger partial charge in [-0.05, 0) is 75.6 Å². The summed E-state index contributed by atoms with van der Waals surface area (Å²) in [6.45, 7) is 4.21. The first-order valence-electron chi connectivity index (χ1n) is 11.3. The quantitative estimate of drug-likeness (QED) is 0.242. The Morgan fingerprint density at radius 3 is 1.31 bits per heavy atom. The van der Waals surface area contributed by atoms with Gasteiger partial charge in [0.1, 0.15) is 11.5 Å². The van der Waals surface area contributed by atoms with Crippen LogP contribution in [0.2, 0.25) is 0 Å². The molecule has 2 rings (SSSR count). The van der Waals surface area contributed by atoms with Gasteiger partial charge in [0.05, 0.1) is 40.4 Å². The molecule has 0 heterocycles. The van der Waals surface area contributed by atoms with Crippen molar-refractivity contribution in [1.29, 1.82) is 0 Å². The molecule has 0 fully saturated rings. The Kier molecular flexibility index (Phi) is 11.3. The van der Waals surface area contributed by atoms with Gasteiger partial charge in [0.25, 0.3) is 0 Å². The van der Waals surface area contributed by atoms with Crippen LogP contribution in [0.1, 0.15) is 51.4 Å². The van der Waals surface area contributed by atoms with Gasteiger partial charge in [-0.25, -0.2) is 0 Å². The minimum atomic E-state index is 0.830. The Morgan fingerprint density at radius 2 is 0.897 bits per heavy atom. The predicted molar refractivity (Wildman–Crippen MR) is 123 cm³/mol. The Labute approximate surface area is 178 Å². The molecular formula is C26H40NO2+. The maximum absolute atomic E-state index is 5.76. The van der Waals surface area contributed by atoms with E-state index in [0.29, 0.717) is 0 Å². The molecule has 0 saturated heterocycles. The molecule has 0 aliphatic carbocycles. The van der Waals surface area contributed by atoms with E-state index < -0.39 is 0 Å². The molecule has 2 aromatic carbocycles. The number of quaternary nitrogens is 1. The molecule has 0 radical (unpaired) electrons. The van der Waals surface area contributed by atoms with Gasteiger partial charge in [-0.3, -0.25) is 0 Å². The molecule has 3 heteroatoms. The van der Waals surface area contributed by atoms with Crippen LogP contribution in [0.15, 0.2) is 60.7 Å². The van der Waals surface area contributed by atoms with E-state index in [-0.39, 0.29) is 0 Å². The van der Waals surface area contributed by atoms with Crippen molar-refractivity contribution in [2.24, 2.45) is 0 Å². The van der Waals surface area contributed by atoms with Crippen LogP contribution in [0, 0.1) is 0 Å². The van der Waals surface area contributed by atoms with Crippen molar-refractivity contribution in [2.75, 3.05) is 40.4 Å². The average molecular weight is 399 g/mol. The van der Waals surface area contributed by atoms with Gasteiger partial charge < -0.3 is 14.0 Å². The number of para-hydroxylation sites is 2. The number of hydrogen-bond acceptors (Lipinski definition) is 2. The van der Waals surface area contributed by atoms with Crippen LogP contribution in [-0.4, -0.2) is 44.9 Å². The van der Waals surface area contributed by atoms with Crippen molar-refractivity contribution in [1.82, 2.24) is 0 Å². The van der Waals surface area contributed by atoms with E-state index in [1.165, 1.54) is 51.6 Å². The van der Waals surface area contributed by atoms with Crippen LogP contribution in [0.25, 0.3) is 0 Å². The van der Waals surface area contributed by atoms with Crippen molar-refractivity contribution >= 4 is 0 Å². The lowest BCUT2D eigenvalue weighted by Crippen LogP contribution is -2.41. The lowest BCUT2D eigenvalue weighted by Gasteiger charge is -2.30. The van der Waals surface area contributed by atoms with Crippen molar-refractivity contribution in [2.45, 2.75) is 51.4 Å². The maximum atomic E-state index is 5.76. The van der Waals surface area contributed by atoms with E-state index >= 15 is 0 Å². The van der Waals surface area contributed by atoms with E-state index in [9.17, 15) is 0 Å². The minimum absolute atomic E-state index is 0.830. The highest BCUT2D eigenvalue weighted by atomic mass is 16.5. The molecule has 29 heavy (non-hydrogen) atoms. The molecule has 0 aliphatic heterocycles. The summed E-state index contributed by atoms with van der Waals surface area (Å²) in [5.74, 6) is 1.97. The zero-order valence-electron chi connectivity index (χ0n) is 18.5. The van der Waals surface area contributed by atoms with E-state index in [4.69, 9.17) is 9.47 Å². The fourth-order valence-corrected chi connectivity index (χ4v) is 3.52. The largest absolute Gasteiger partial charge is 0.494 e. The number of unbranched alkanes of at least 4 members (excludes halogenated alkanes) is 6. The third kappa shape index (κ3) is 11.6. The Bertz CT molecular complexity index is 572. The summed E-state index contributed by atoms with van der Waals surface area (Å²) in [4.78, 5) is 0. The van der Waals surface area contributed by atoms with E-state index in [1.807, 2.05) is 60.7 Å². The summed E-state index contributed by atoms with van der Waals surface area (Å²) in [7, 11) is 4.74. The number of benzene rings is 2. The van der Waals surface area contributed by atoms with Crippen molar-refractivity contribution in [3.8, 4) is 11.5 Å². The van der Waals surface area contributed by atoms with Gasteiger partial charge in [0.15, 0.2) is 0 Å². The first-order chi connectivity index (χ1) is 14.2. The zero-order chi connectivity index (χ0) is 20.6. The van der Waals surface area contributed by atoms with Gasteiger partial charge in [0.2, 0.25) is 0 Å². The molecule has 0 amide bonds. The van der Waals surface area contributed by atoms with Crippen molar-refractivity contribution in [3.63, 3.8) is 0 Å². The molecule has 0 unspecified atom stereocenters. The van der Waals surface area contributed by atoms with Crippen molar-refractivity contribution in [3.05, 3.63) is 60.7 Å². The van der Waals surface area contributed by atoms with Crippen LogP contribution < -0.4 is 9.47 Å². The number of ether oxygens (including phenoxy) is 2. The maximum Gasteiger partial charge on any atom is 0.119 e. The van der Waals surface area contributed by atoms with E-state index in [1.54, 1.807) is 0 Å². The fraction of sp³-hybridized carbons (Fsp3) is 0.538. The minimum Gasteiger partial charge on any atom is -0.494 e. The summed E-state index contributed by atoms with van der Waals surface area (Å²) < 4.78 is 12.7. The summed E-state index contributed by atoms with van der Waals surface area (Å²) in [6, 6.07) is 20.2. The molecule has 0 aliphatic rings. The van der Waals surface area contributed by atoms with Crippen LogP contribution >= 0.6 is 0 Å². The van der Waals surface area contributed by atoms with E-state index in [0.717, 1.165) is 42.0 Å². The molecule has 0 aromatic heterocycles. The second-order valence-electron chi connectivity index (χ2n) is 8.53. The lowest BCUT2D eigenvalue weighted by molar-refractivity contribution is -0.890. The molecule has 160 valence electrons. The monoisotopic (exact) mass is 398 g/mol. The highest BCUT2D eigenvalue weighted by Crippen LogP contribution is 2.12. The highest BCUT2D eigenvalue weighted by molar-refractivity contribution is 5.21. The summed E-state index contributed by atoms with van der Waals surface area (Å²) in [6.07, 6.45) is 10.0. The van der Waals surface area contributed by atoms with E-state index in [2.05, 4.69) is 14.1 Å². The van der Waals surface area contributed by atoms with Crippen LogP contribution in [0.3, 0.4) is 0 Å². The van der Waals surface area contributed by atoms with Crippen LogP contribution in [0.5, 0.6) is 11.5 Å². The molecule has 0 bridgehead atoms. The van der Waals surface area contributed by atoms with Gasteiger partial charge in [0, 0.05) is 0 Å². The van der Waals surface area contributed by atoms with Gasteiger partial charge >= 0.3 is 0 Å². The third-order valence-corrected chi connectivity index (χ3v) is 5.34. The Morgan fingerprint density at radius 1 is 0.517 bits per heavy atom. The molecular weight excluding hydrogens is 358 g/mol. The number of rotatable bonds is 16. The lowest BCUT2D eigenvalue weighted by atomic mass is 10.1. The Balaban J connectivity index is 1.39.